The summed E-state index contributed by atoms with van der Waals surface area (Å²) >= 11 is 0. The third-order valence-electron chi connectivity index (χ3n) is 3.49. The summed E-state index contributed by atoms with van der Waals surface area (Å²) in [7, 11) is 0. The van der Waals surface area contributed by atoms with Gasteiger partial charge in [0, 0.05) is 6.20 Å². The number of nitrogens with zero attached hydrogens (tertiary/aromatic N) is 2. The Morgan fingerprint density at radius 1 is 1.44 bits per heavy atom. The van der Waals surface area contributed by atoms with Gasteiger partial charge in [-0.25, -0.2) is 0 Å². The van der Waals surface area contributed by atoms with E-state index in [2.05, 4.69) is 29.8 Å². The molecule has 0 unspecified atom stereocenters. The fourth-order valence-electron chi connectivity index (χ4n) is 2.70. The number of aromatic nitrogens is 1. The molecule has 1 fully saturated rings. The molecule has 0 aliphatic carbocycles. The maximum atomic E-state index is 4.59. The lowest BCUT2D eigenvalue weighted by atomic mass is 9.96. The van der Waals surface area contributed by atoms with Crippen LogP contribution in [0.3, 0.4) is 0 Å². The van der Waals surface area contributed by atoms with Crippen molar-refractivity contribution >= 4 is 0 Å². The van der Waals surface area contributed by atoms with E-state index in [9.17, 15) is 0 Å². The van der Waals surface area contributed by atoms with E-state index in [0.29, 0.717) is 6.04 Å². The fraction of sp³-hybridized carbons (Fsp3) is 0.643. The summed E-state index contributed by atoms with van der Waals surface area (Å²) < 4.78 is 0. The molecule has 2 heterocycles. The predicted octanol–water partition coefficient (Wildman–Crippen LogP) is 3.33. The van der Waals surface area contributed by atoms with E-state index in [1.807, 2.05) is 12.3 Å². The summed E-state index contributed by atoms with van der Waals surface area (Å²) in [6, 6.07) is 4.78. The van der Waals surface area contributed by atoms with Crippen LogP contribution in [0.15, 0.2) is 18.3 Å². The van der Waals surface area contributed by atoms with Crippen LogP contribution in [0.5, 0.6) is 0 Å². The van der Waals surface area contributed by atoms with Crippen LogP contribution in [-0.2, 0) is 0 Å². The summed E-state index contributed by atoms with van der Waals surface area (Å²) in [5.41, 5.74) is 2.64. The van der Waals surface area contributed by atoms with Crippen LogP contribution < -0.4 is 0 Å². The molecule has 88 valence electrons. The van der Waals surface area contributed by atoms with Crippen LogP contribution >= 0.6 is 0 Å². The van der Waals surface area contributed by atoms with Gasteiger partial charge < -0.3 is 0 Å². The molecule has 0 bridgehead atoms. The number of pyridine rings is 1. The second kappa shape index (κ2) is 5.44. The third-order valence-corrected chi connectivity index (χ3v) is 3.49. The van der Waals surface area contributed by atoms with Crippen molar-refractivity contribution in [1.29, 1.82) is 0 Å². The topological polar surface area (TPSA) is 16.1 Å². The Hall–Kier alpha value is -0.890. The van der Waals surface area contributed by atoms with E-state index in [1.165, 1.54) is 50.0 Å². The zero-order chi connectivity index (χ0) is 11.4. The molecule has 1 atom stereocenters. The van der Waals surface area contributed by atoms with Gasteiger partial charge in [0.25, 0.3) is 0 Å². The van der Waals surface area contributed by atoms with Crippen molar-refractivity contribution in [2.75, 3.05) is 13.1 Å². The van der Waals surface area contributed by atoms with Crippen LogP contribution in [0.25, 0.3) is 0 Å². The number of hydrogen-bond donors (Lipinski definition) is 0. The van der Waals surface area contributed by atoms with E-state index in [-0.39, 0.29) is 0 Å². The molecule has 2 nitrogen and oxygen atoms in total. The molecule has 1 aromatic rings. The number of rotatable bonds is 3. The van der Waals surface area contributed by atoms with Crippen LogP contribution in [-0.4, -0.2) is 23.0 Å². The summed E-state index contributed by atoms with van der Waals surface area (Å²) in [6.45, 7) is 6.90. The first kappa shape index (κ1) is 11.6. The van der Waals surface area contributed by atoms with Crippen LogP contribution in [0.1, 0.15) is 49.9 Å². The Bertz CT molecular complexity index is 333. The zero-order valence-corrected chi connectivity index (χ0v) is 10.4. The molecule has 2 heteroatoms. The molecule has 0 amide bonds. The quantitative estimate of drug-likeness (QED) is 0.773. The van der Waals surface area contributed by atoms with Crippen molar-refractivity contribution in [1.82, 2.24) is 9.88 Å². The molecule has 0 radical (unpaired) electrons. The highest BCUT2D eigenvalue weighted by Gasteiger charge is 2.24. The molecule has 1 aliphatic rings. The van der Waals surface area contributed by atoms with Gasteiger partial charge in [-0.05, 0) is 50.9 Å². The van der Waals surface area contributed by atoms with Gasteiger partial charge in [-0.15, -0.1) is 0 Å². The van der Waals surface area contributed by atoms with E-state index in [0.717, 1.165) is 0 Å². The Labute approximate surface area is 98.7 Å². The van der Waals surface area contributed by atoms with Gasteiger partial charge in [-0.1, -0.05) is 19.4 Å². The SMILES string of the molecule is CCCN1CCCC[C@H]1c1ncccc1C. The largest absolute Gasteiger partial charge is 0.295 e. The average Bonchev–Trinajstić information content (AvgIpc) is 2.31. The fourth-order valence-corrected chi connectivity index (χ4v) is 2.70. The van der Waals surface area contributed by atoms with Crippen molar-refractivity contribution in [2.45, 2.75) is 45.6 Å². The highest BCUT2D eigenvalue weighted by atomic mass is 15.2. The molecule has 0 N–H and O–H groups in total. The molecule has 0 saturated carbocycles. The van der Waals surface area contributed by atoms with Gasteiger partial charge in [-0.3, -0.25) is 9.88 Å². The van der Waals surface area contributed by atoms with Crippen molar-refractivity contribution < 1.29 is 0 Å². The lowest BCUT2D eigenvalue weighted by Gasteiger charge is -2.35. The van der Waals surface area contributed by atoms with Crippen molar-refractivity contribution in [3.05, 3.63) is 29.6 Å². The standard InChI is InChI=1S/C14H22N2/c1-3-10-16-11-5-4-8-13(16)14-12(2)7-6-9-15-14/h6-7,9,13H,3-5,8,10-11H2,1-2H3/t13-/m0/s1. The highest BCUT2D eigenvalue weighted by Crippen LogP contribution is 2.31. The van der Waals surface area contributed by atoms with E-state index in [1.54, 1.807) is 0 Å². The first-order valence-electron chi connectivity index (χ1n) is 6.48. The van der Waals surface area contributed by atoms with Crippen molar-refractivity contribution in [2.24, 2.45) is 0 Å². The number of piperidine rings is 1. The second-order valence-electron chi connectivity index (χ2n) is 4.75. The van der Waals surface area contributed by atoms with Gasteiger partial charge in [0.2, 0.25) is 0 Å². The van der Waals surface area contributed by atoms with E-state index in [4.69, 9.17) is 0 Å². The maximum Gasteiger partial charge on any atom is 0.0604 e. The predicted molar refractivity (Wildman–Crippen MR) is 67.4 cm³/mol. The first-order chi connectivity index (χ1) is 7.83. The summed E-state index contributed by atoms with van der Waals surface area (Å²) in [6.07, 6.45) is 7.14. The van der Waals surface area contributed by atoms with Crippen LogP contribution in [0, 0.1) is 6.92 Å². The monoisotopic (exact) mass is 218 g/mol. The number of hydrogen-bond acceptors (Lipinski definition) is 2. The second-order valence-corrected chi connectivity index (χ2v) is 4.75. The van der Waals surface area contributed by atoms with Crippen LogP contribution in [0.4, 0.5) is 0 Å². The molecule has 0 aromatic carbocycles. The van der Waals surface area contributed by atoms with Gasteiger partial charge in [0.1, 0.15) is 0 Å². The Balaban J connectivity index is 2.19. The van der Waals surface area contributed by atoms with Gasteiger partial charge in [0.15, 0.2) is 0 Å². The molecular formula is C14H22N2. The Morgan fingerprint density at radius 3 is 3.06 bits per heavy atom. The Morgan fingerprint density at radius 2 is 2.31 bits per heavy atom. The van der Waals surface area contributed by atoms with Gasteiger partial charge in [0.05, 0.1) is 11.7 Å². The maximum absolute atomic E-state index is 4.59. The first-order valence-corrected chi connectivity index (χ1v) is 6.48. The van der Waals surface area contributed by atoms with Crippen molar-refractivity contribution in [3.63, 3.8) is 0 Å². The highest BCUT2D eigenvalue weighted by molar-refractivity contribution is 5.21. The smallest absolute Gasteiger partial charge is 0.0604 e. The number of likely N-dealkylation sites (tertiary alicyclic amines) is 1. The Kier molecular flexibility index (Phi) is 3.94. The molecule has 1 aromatic heterocycles. The average molecular weight is 218 g/mol. The summed E-state index contributed by atoms with van der Waals surface area (Å²) in [5, 5.41) is 0. The molecule has 1 aliphatic heterocycles. The summed E-state index contributed by atoms with van der Waals surface area (Å²) in [5.74, 6) is 0. The lowest BCUT2D eigenvalue weighted by molar-refractivity contribution is 0.145. The summed E-state index contributed by atoms with van der Waals surface area (Å²) in [4.78, 5) is 7.20. The minimum atomic E-state index is 0.565. The molecular weight excluding hydrogens is 196 g/mol. The third kappa shape index (κ3) is 2.43. The molecule has 0 spiro atoms. The van der Waals surface area contributed by atoms with E-state index >= 15 is 0 Å². The zero-order valence-electron chi connectivity index (χ0n) is 10.4. The number of aryl methyl sites for hydroxylation is 1. The molecule has 2 rings (SSSR count). The molecule has 16 heavy (non-hydrogen) atoms. The lowest BCUT2D eigenvalue weighted by Crippen LogP contribution is -2.34. The van der Waals surface area contributed by atoms with Gasteiger partial charge in [-0.2, -0.15) is 0 Å². The minimum Gasteiger partial charge on any atom is -0.295 e. The normalized spacial score (nSPS) is 22.2. The molecule has 1 saturated heterocycles. The van der Waals surface area contributed by atoms with E-state index < -0.39 is 0 Å². The van der Waals surface area contributed by atoms with Crippen LogP contribution in [0.2, 0.25) is 0 Å². The minimum absolute atomic E-state index is 0.565. The van der Waals surface area contributed by atoms with Crippen molar-refractivity contribution in [3.8, 4) is 0 Å². The van der Waals surface area contributed by atoms with Gasteiger partial charge >= 0.3 is 0 Å².